The number of para-hydroxylation sites is 1. The fraction of sp³-hybridized carbons (Fsp3) is 0.211. The Labute approximate surface area is 140 Å². The van der Waals surface area contributed by atoms with E-state index in [1.54, 1.807) is 6.20 Å². The minimum absolute atomic E-state index is 0.00198. The van der Waals surface area contributed by atoms with Crippen molar-refractivity contribution in [3.8, 4) is 0 Å². The number of hydrogen-bond acceptors (Lipinski definition) is 2. The maximum atomic E-state index is 7.71. The van der Waals surface area contributed by atoms with Crippen molar-refractivity contribution >= 4 is 35.6 Å². The molecule has 114 valence electrons. The van der Waals surface area contributed by atoms with Gasteiger partial charge in [-0.1, -0.05) is 24.2 Å². The molecule has 0 atom stereocenters. The highest BCUT2D eigenvalue weighted by Gasteiger charge is 2.30. The molecule has 0 spiro atoms. The van der Waals surface area contributed by atoms with Gasteiger partial charge in [-0.25, -0.2) is 4.57 Å². The summed E-state index contributed by atoms with van der Waals surface area (Å²) >= 11 is 0. The molecule has 0 unspecified atom stereocenters. The van der Waals surface area contributed by atoms with Crippen molar-refractivity contribution < 1.29 is 13.1 Å². The third-order valence-electron chi connectivity index (χ3n) is 4.57. The Kier molecular flexibility index (Phi) is 2.42. The van der Waals surface area contributed by atoms with Crippen LogP contribution in [0.25, 0.3) is 23.1 Å². The molecule has 0 aliphatic carbocycles. The summed E-state index contributed by atoms with van der Waals surface area (Å²) in [7, 11) is 3.90. The van der Waals surface area contributed by atoms with Gasteiger partial charge in [-0.05, 0) is 32.5 Å². The normalized spacial score (nSPS) is 16.2. The van der Waals surface area contributed by atoms with Gasteiger partial charge in [-0.3, -0.25) is 0 Å². The van der Waals surface area contributed by atoms with E-state index in [-0.39, 0.29) is 6.85 Å². The number of nitrogens with zero attached hydrogens (tertiary/aromatic N) is 2. The van der Waals surface area contributed by atoms with E-state index in [0.717, 1.165) is 32.8 Å². The molecule has 1 aliphatic heterocycles. The van der Waals surface area contributed by atoms with Crippen molar-refractivity contribution in [3.63, 3.8) is 0 Å². The molecule has 1 aliphatic rings. The Morgan fingerprint density at radius 3 is 2.91 bits per heavy atom. The number of benzene rings is 1. The quantitative estimate of drug-likeness (QED) is 0.489. The predicted octanol–water partition coefficient (Wildman–Crippen LogP) is 0.776. The molecular formula is C19H20BN2O+. The lowest BCUT2D eigenvalue weighted by Crippen LogP contribution is -2.61. The average molecular weight is 306 g/mol. The van der Waals surface area contributed by atoms with Crippen LogP contribution in [-0.4, -0.2) is 18.7 Å². The number of pyridine rings is 1. The zero-order chi connectivity index (χ0) is 18.6. The van der Waals surface area contributed by atoms with Gasteiger partial charge >= 0.3 is 6.85 Å². The van der Waals surface area contributed by atoms with Crippen LogP contribution in [0.1, 0.15) is 15.2 Å². The van der Waals surface area contributed by atoms with Crippen LogP contribution in [0, 0.1) is 13.8 Å². The molecule has 1 aromatic carbocycles. The minimum atomic E-state index is -2.11. The Morgan fingerprint density at radius 1 is 1.26 bits per heavy atom. The summed E-state index contributed by atoms with van der Waals surface area (Å²) in [6.45, 7) is -0.253. The van der Waals surface area contributed by atoms with Crippen LogP contribution in [0.15, 0.2) is 40.9 Å². The fourth-order valence-electron chi connectivity index (χ4n) is 3.25. The van der Waals surface area contributed by atoms with Crippen molar-refractivity contribution in [3.05, 3.63) is 58.3 Å². The van der Waals surface area contributed by atoms with E-state index in [1.165, 1.54) is 0 Å². The highest BCUT2D eigenvalue weighted by Crippen LogP contribution is 2.10. The molecule has 4 heteroatoms. The molecule has 0 amide bonds. The lowest BCUT2D eigenvalue weighted by Gasteiger charge is -2.21. The number of hydrogen-bond donors (Lipinski definition) is 0. The summed E-state index contributed by atoms with van der Waals surface area (Å²) in [6.07, 6.45) is 3.73. The fourth-order valence-corrected chi connectivity index (χ4v) is 3.25. The van der Waals surface area contributed by atoms with Gasteiger partial charge in [0.25, 0.3) is 0 Å². The van der Waals surface area contributed by atoms with Crippen molar-refractivity contribution in [1.29, 1.82) is 0 Å². The van der Waals surface area contributed by atoms with Gasteiger partial charge in [0, 0.05) is 32.5 Å². The molecule has 3 heterocycles. The monoisotopic (exact) mass is 306 g/mol. The summed E-state index contributed by atoms with van der Waals surface area (Å²) < 4.78 is 31.0. The molecule has 23 heavy (non-hydrogen) atoms. The first-order valence-electron chi connectivity index (χ1n) is 9.19. The van der Waals surface area contributed by atoms with Crippen LogP contribution < -0.4 is 20.8 Å². The number of aryl methyl sites for hydroxylation is 3. The highest BCUT2D eigenvalue weighted by atomic mass is 16.3. The van der Waals surface area contributed by atoms with Gasteiger partial charge in [0.05, 0.1) is 0 Å². The summed E-state index contributed by atoms with van der Waals surface area (Å²) in [5.74, 6) is 2.19. The number of fused-ring (bicyclic) bond motifs is 3. The third-order valence-corrected chi connectivity index (χ3v) is 4.57. The molecule has 0 N–H and O–H groups in total. The maximum Gasteiger partial charge on any atom is 0.396 e. The molecule has 0 fully saturated rings. The topological polar surface area (TPSA) is 20.3 Å². The highest BCUT2D eigenvalue weighted by molar-refractivity contribution is 6.82. The minimum Gasteiger partial charge on any atom is -0.455 e. The zero-order valence-electron chi connectivity index (χ0n) is 16.5. The molecule has 0 saturated carbocycles. The summed E-state index contributed by atoms with van der Waals surface area (Å²) in [6, 6.07) is 9.98. The van der Waals surface area contributed by atoms with Crippen LogP contribution in [0.5, 0.6) is 0 Å². The van der Waals surface area contributed by atoms with Crippen molar-refractivity contribution in [2.75, 3.05) is 7.05 Å². The second-order valence-electron chi connectivity index (χ2n) is 6.19. The van der Waals surface area contributed by atoms with E-state index in [9.17, 15) is 0 Å². The molecule has 2 aromatic heterocycles. The third kappa shape index (κ3) is 2.17. The summed E-state index contributed by atoms with van der Waals surface area (Å²) in [4.78, 5) is 2.09. The second-order valence-corrected chi connectivity index (χ2v) is 6.19. The van der Waals surface area contributed by atoms with Crippen LogP contribution in [0.2, 0.25) is 0 Å². The Hall–Kier alpha value is -2.49. The number of aromatic nitrogens is 1. The molecule has 3 aromatic rings. The van der Waals surface area contributed by atoms with Crippen LogP contribution in [0.3, 0.4) is 0 Å². The SMILES string of the molecule is [2H]C([2H])([2H])c1c[n+](C)c(B2C=c3c(oc4ccccc34)=CN2C)cc1C. The van der Waals surface area contributed by atoms with E-state index < -0.39 is 6.85 Å². The van der Waals surface area contributed by atoms with Crippen molar-refractivity contribution in [1.82, 2.24) is 4.81 Å². The zero-order valence-corrected chi connectivity index (χ0v) is 13.5. The first kappa shape index (κ1) is 11.1. The number of furan rings is 1. The molecule has 0 radical (unpaired) electrons. The van der Waals surface area contributed by atoms with E-state index in [0.29, 0.717) is 5.56 Å². The molecule has 3 nitrogen and oxygen atoms in total. The molecule has 0 saturated heterocycles. The van der Waals surface area contributed by atoms with Gasteiger partial charge in [0.2, 0.25) is 0 Å². The maximum absolute atomic E-state index is 7.71. The van der Waals surface area contributed by atoms with Gasteiger partial charge in [0.1, 0.15) is 18.0 Å². The van der Waals surface area contributed by atoms with Gasteiger partial charge < -0.3 is 9.23 Å². The molecule has 4 rings (SSSR count). The van der Waals surface area contributed by atoms with E-state index in [1.807, 2.05) is 56.1 Å². The number of rotatable bonds is 1. The standard InChI is InChI=1S/C19H20BN2O/c1-13-9-19(21(3)11-14(13)2)20-10-16-15-7-5-6-8-17(15)23-18(16)12-22(20)4/h5-12H,1-4H3/q+1/i2D3. The Balaban J connectivity index is 1.90. The van der Waals surface area contributed by atoms with Crippen LogP contribution in [-0.2, 0) is 7.05 Å². The first-order valence-corrected chi connectivity index (χ1v) is 7.69. The lowest BCUT2D eigenvalue weighted by molar-refractivity contribution is -0.654. The molecule has 0 bridgehead atoms. The van der Waals surface area contributed by atoms with Crippen molar-refractivity contribution in [2.45, 2.75) is 13.8 Å². The predicted molar refractivity (Wildman–Crippen MR) is 94.6 cm³/mol. The average Bonchev–Trinajstić information content (AvgIpc) is 2.92. The largest absolute Gasteiger partial charge is 0.455 e. The lowest BCUT2D eigenvalue weighted by atomic mass is 9.55. The van der Waals surface area contributed by atoms with Crippen LogP contribution >= 0.6 is 0 Å². The van der Waals surface area contributed by atoms with Crippen molar-refractivity contribution in [2.24, 2.45) is 7.05 Å². The Morgan fingerprint density at radius 2 is 2.09 bits per heavy atom. The van der Waals surface area contributed by atoms with Gasteiger partial charge in [0.15, 0.2) is 11.8 Å². The first-order chi connectivity index (χ1) is 12.3. The van der Waals surface area contributed by atoms with E-state index in [4.69, 9.17) is 8.53 Å². The summed E-state index contributed by atoms with van der Waals surface area (Å²) in [5, 5.41) is 2.18. The van der Waals surface area contributed by atoms with E-state index >= 15 is 0 Å². The van der Waals surface area contributed by atoms with E-state index in [2.05, 4.69) is 16.9 Å². The Bertz CT molecular complexity index is 1130. The second kappa shape index (κ2) is 5.02. The summed E-state index contributed by atoms with van der Waals surface area (Å²) in [5.41, 5.74) is 3.93. The van der Waals surface area contributed by atoms with Crippen LogP contribution in [0.4, 0.5) is 0 Å². The van der Waals surface area contributed by atoms with Gasteiger partial charge in [-0.2, -0.15) is 0 Å². The van der Waals surface area contributed by atoms with Gasteiger partial charge in [-0.15, -0.1) is 0 Å². The molecular weight excluding hydrogens is 283 g/mol. The smallest absolute Gasteiger partial charge is 0.396 e.